The van der Waals surface area contributed by atoms with Gasteiger partial charge in [-0.25, -0.2) is 0 Å². The molecule has 1 rings (SSSR count). The SMILES string of the molecule is CCCCN(CC)C(=O)CC1(CN)CCCCC1. The lowest BCUT2D eigenvalue weighted by Crippen LogP contribution is -2.40. The van der Waals surface area contributed by atoms with E-state index in [1.165, 1.54) is 19.3 Å². The summed E-state index contributed by atoms with van der Waals surface area (Å²) in [6, 6.07) is 0. The average molecular weight is 254 g/mol. The predicted octanol–water partition coefficient (Wildman–Crippen LogP) is 2.93. The fourth-order valence-corrected chi connectivity index (χ4v) is 3.00. The molecule has 1 aliphatic rings. The lowest BCUT2D eigenvalue weighted by molar-refractivity contribution is -0.134. The highest BCUT2D eigenvalue weighted by Crippen LogP contribution is 2.38. The highest BCUT2D eigenvalue weighted by molar-refractivity contribution is 5.77. The Balaban J connectivity index is 2.53. The van der Waals surface area contributed by atoms with E-state index in [1.54, 1.807) is 0 Å². The zero-order valence-corrected chi connectivity index (χ0v) is 12.2. The molecule has 0 heterocycles. The number of nitrogens with zero attached hydrogens (tertiary/aromatic N) is 1. The third-order valence-corrected chi connectivity index (χ3v) is 4.39. The van der Waals surface area contributed by atoms with Gasteiger partial charge in [-0.1, -0.05) is 32.6 Å². The fourth-order valence-electron chi connectivity index (χ4n) is 3.00. The minimum Gasteiger partial charge on any atom is -0.343 e. The largest absolute Gasteiger partial charge is 0.343 e. The second-order valence-corrected chi connectivity index (χ2v) is 5.77. The molecular weight excluding hydrogens is 224 g/mol. The normalized spacial score (nSPS) is 18.6. The van der Waals surface area contributed by atoms with Gasteiger partial charge in [0.1, 0.15) is 0 Å². The number of rotatable bonds is 7. The van der Waals surface area contributed by atoms with E-state index in [0.717, 1.165) is 38.8 Å². The molecular formula is C15H30N2O. The first-order valence-corrected chi connectivity index (χ1v) is 7.65. The van der Waals surface area contributed by atoms with Crippen LogP contribution in [0.15, 0.2) is 0 Å². The number of carbonyl (C=O) groups excluding carboxylic acids is 1. The standard InChI is InChI=1S/C15H30N2O/c1-3-5-11-17(4-2)14(18)12-15(13-16)9-7-6-8-10-15/h3-13,16H2,1-2H3. The molecule has 18 heavy (non-hydrogen) atoms. The fraction of sp³-hybridized carbons (Fsp3) is 0.933. The van der Waals surface area contributed by atoms with Gasteiger partial charge in [0.2, 0.25) is 5.91 Å². The summed E-state index contributed by atoms with van der Waals surface area (Å²) in [6.45, 7) is 6.65. The third kappa shape index (κ3) is 4.27. The van der Waals surface area contributed by atoms with Gasteiger partial charge in [0.05, 0.1) is 0 Å². The van der Waals surface area contributed by atoms with Crippen molar-refractivity contribution in [3.63, 3.8) is 0 Å². The molecule has 106 valence electrons. The number of unbranched alkanes of at least 4 members (excludes halogenated alkanes) is 1. The number of hydrogen-bond acceptors (Lipinski definition) is 2. The molecule has 0 unspecified atom stereocenters. The van der Waals surface area contributed by atoms with Crippen LogP contribution >= 0.6 is 0 Å². The van der Waals surface area contributed by atoms with Gasteiger partial charge < -0.3 is 10.6 Å². The molecule has 0 aliphatic heterocycles. The summed E-state index contributed by atoms with van der Waals surface area (Å²) in [5, 5.41) is 0. The van der Waals surface area contributed by atoms with Crippen molar-refractivity contribution in [2.45, 2.75) is 65.2 Å². The molecule has 0 bridgehead atoms. The number of carbonyl (C=O) groups is 1. The van der Waals surface area contributed by atoms with Crippen molar-refractivity contribution in [3.8, 4) is 0 Å². The summed E-state index contributed by atoms with van der Waals surface area (Å²) in [5.41, 5.74) is 6.06. The topological polar surface area (TPSA) is 46.3 Å². The molecule has 3 heteroatoms. The Morgan fingerprint density at radius 3 is 2.39 bits per heavy atom. The van der Waals surface area contributed by atoms with Crippen LogP contribution in [0, 0.1) is 5.41 Å². The van der Waals surface area contributed by atoms with Gasteiger partial charge in [0.25, 0.3) is 0 Å². The molecule has 2 N–H and O–H groups in total. The van der Waals surface area contributed by atoms with E-state index >= 15 is 0 Å². The van der Waals surface area contributed by atoms with E-state index in [2.05, 4.69) is 13.8 Å². The second kappa shape index (κ2) is 7.78. The number of hydrogen-bond donors (Lipinski definition) is 1. The van der Waals surface area contributed by atoms with E-state index in [0.29, 0.717) is 18.9 Å². The van der Waals surface area contributed by atoms with Crippen LogP contribution in [0.4, 0.5) is 0 Å². The lowest BCUT2D eigenvalue weighted by atomic mass is 9.71. The van der Waals surface area contributed by atoms with Crippen LogP contribution in [0.3, 0.4) is 0 Å². The first-order chi connectivity index (χ1) is 8.67. The highest BCUT2D eigenvalue weighted by Gasteiger charge is 2.34. The Bertz CT molecular complexity index is 247. The quantitative estimate of drug-likeness (QED) is 0.759. The van der Waals surface area contributed by atoms with Crippen molar-refractivity contribution in [1.29, 1.82) is 0 Å². The van der Waals surface area contributed by atoms with E-state index in [-0.39, 0.29) is 5.41 Å². The van der Waals surface area contributed by atoms with Crippen molar-refractivity contribution in [1.82, 2.24) is 4.90 Å². The minimum absolute atomic E-state index is 0.106. The van der Waals surface area contributed by atoms with Crippen LogP contribution in [0.1, 0.15) is 65.2 Å². The summed E-state index contributed by atoms with van der Waals surface area (Å²) in [7, 11) is 0. The Labute approximate surface area is 112 Å². The maximum Gasteiger partial charge on any atom is 0.223 e. The molecule has 1 saturated carbocycles. The van der Waals surface area contributed by atoms with E-state index < -0.39 is 0 Å². The van der Waals surface area contributed by atoms with E-state index in [4.69, 9.17) is 5.73 Å². The Kier molecular flexibility index (Phi) is 6.69. The minimum atomic E-state index is 0.106. The van der Waals surface area contributed by atoms with Crippen LogP contribution < -0.4 is 5.73 Å². The van der Waals surface area contributed by atoms with Crippen molar-refractivity contribution in [2.75, 3.05) is 19.6 Å². The molecule has 1 aliphatic carbocycles. The third-order valence-electron chi connectivity index (χ3n) is 4.39. The van der Waals surface area contributed by atoms with Gasteiger partial charge in [-0.3, -0.25) is 4.79 Å². The zero-order chi connectivity index (χ0) is 13.4. The van der Waals surface area contributed by atoms with Gasteiger partial charge in [-0.2, -0.15) is 0 Å². The molecule has 3 nitrogen and oxygen atoms in total. The lowest BCUT2D eigenvalue weighted by Gasteiger charge is -2.37. The number of nitrogens with two attached hydrogens (primary N) is 1. The molecule has 1 fully saturated rings. The van der Waals surface area contributed by atoms with E-state index in [1.807, 2.05) is 4.90 Å². The van der Waals surface area contributed by atoms with E-state index in [9.17, 15) is 4.79 Å². The first-order valence-electron chi connectivity index (χ1n) is 7.65. The van der Waals surface area contributed by atoms with Crippen LogP contribution in [-0.4, -0.2) is 30.4 Å². The second-order valence-electron chi connectivity index (χ2n) is 5.77. The Hall–Kier alpha value is -0.570. The van der Waals surface area contributed by atoms with Gasteiger partial charge in [-0.05, 0) is 38.1 Å². The van der Waals surface area contributed by atoms with Crippen molar-refractivity contribution >= 4 is 5.91 Å². The molecule has 0 spiro atoms. The Morgan fingerprint density at radius 1 is 1.22 bits per heavy atom. The van der Waals surface area contributed by atoms with Gasteiger partial charge in [0, 0.05) is 19.5 Å². The predicted molar refractivity (Wildman–Crippen MR) is 76.4 cm³/mol. The Morgan fingerprint density at radius 2 is 1.89 bits per heavy atom. The van der Waals surface area contributed by atoms with Crippen LogP contribution in [0.2, 0.25) is 0 Å². The van der Waals surface area contributed by atoms with Crippen molar-refractivity contribution < 1.29 is 4.79 Å². The molecule has 0 atom stereocenters. The van der Waals surface area contributed by atoms with Gasteiger partial charge >= 0.3 is 0 Å². The average Bonchev–Trinajstić information content (AvgIpc) is 2.40. The van der Waals surface area contributed by atoms with Crippen LogP contribution in [0.5, 0.6) is 0 Å². The summed E-state index contributed by atoms with van der Waals surface area (Å²) >= 11 is 0. The molecule has 1 amide bonds. The molecule has 0 aromatic heterocycles. The van der Waals surface area contributed by atoms with Gasteiger partial charge in [-0.15, -0.1) is 0 Å². The summed E-state index contributed by atoms with van der Waals surface area (Å²) in [5.74, 6) is 0.318. The summed E-state index contributed by atoms with van der Waals surface area (Å²) in [6.07, 6.45) is 8.99. The molecule has 0 aromatic carbocycles. The van der Waals surface area contributed by atoms with Gasteiger partial charge in [0.15, 0.2) is 0 Å². The van der Waals surface area contributed by atoms with Crippen molar-refractivity contribution in [3.05, 3.63) is 0 Å². The molecule has 0 radical (unpaired) electrons. The maximum atomic E-state index is 12.4. The monoisotopic (exact) mass is 254 g/mol. The summed E-state index contributed by atoms with van der Waals surface area (Å²) in [4.78, 5) is 14.4. The highest BCUT2D eigenvalue weighted by atomic mass is 16.2. The maximum absolute atomic E-state index is 12.4. The molecule has 0 saturated heterocycles. The summed E-state index contributed by atoms with van der Waals surface area (Å²) < 4.78 is 0. The zero-order valence-electron chi connectivity index (χ0n) is 12.2. The number of amides is 1. The smallest absolute Gasteiger partial charge is 0.223 e. The van der Waals surface area contributed by atoms with Crippen LogP contribution in [0.25, 0.3) is 0 Å². The molecule has 0 aromatic rings. The van der Waals surface area contributed by atoms with Crippen LogP contribution in [-0.2, 0) is 4.79 Å². The van der Waals surface area contributed by atoms with Crippen molar-refractivity contribution in [2.24, 2.45) is 11.1 Å². The first kappa shape index (κ1) is 15.5.